The van der Waals surface area contributed by atoms with Crippen LogP contribution in [0.25, 0.3) is 0 Å². The first-order valence-corrected chi connectivity index (χ1v) is 5.91. The van der Waals surface area contributed by atoms with Crippen LogP contribution in [-0.4, -0.2) is 36.9 Å². The van der Waals surface area contributed by atoms with Crippen molar-refractivity contribution >= 4 is 11.9 Å². The topological polar surface area (TPSA) is 72.8 Å². The molecule has 18 heavy (non-hydrogen) atoms. The molecule has 0 radical (unpaired) electrons. The zero-order chi connectivity index (χ0) is 13.8. The molecule has 0 aromatic heterocycles. The smallest absolute Gasteiger partial charge is 0.331 e. The lowest BCUT2D eigenvalue weighted by atomic mass is 10.00. The van der Waals surface area contributed by atoms with Crippen molar-refractivity contribution in [1.82, 2.24) is 0 Å². The van der Waals surface area contributed by atoms with Crippen LogP contribution in [0.4, 0.5) is 0 Å². The van der Waals surface area contributed by atoms with Crippen molar-refractivity contribution in [3.8, 4) is 0 Å². The Hall–Kier alpha value is -1.62. The van der Waals surface area contributed by atoms with Gasteiger partial charge in [0.2, 0.25) is 0 Å². The first-order valence-electron chi connectivity index (χ1n) is 5.91. The number of hydrogen-bond donors (Lipinski definition) is 1. The van der Waals surface area contributed by atoms with Gasteiger partial charge in [0.25, 0.3) is 0 Å². The van der Waals surface area contributed by atoms with Crippen molar-refractivity contribution in [3.05, 3.63) is 24.3 Å². The van der Waals surface area contributed by atoms with Gasteiger partial charge in [-0.15, -0.1) is 0 Å². The van der Waals surface area contributed by atoms with E-state index in [0.717, 1.165) is 25.3 Å². The average Bonchev–Trinajstić information content (AvgIpc) is 2.26. The minimum absolute atomic E-state index is 0.374. The van der Waals surface area contributed by atoms with Gasteiger partial charge in [0.05, 0.1) is 6.61 Å². The van der Waals surface area contributed by atoms with E-state index in [1.54, 1.807) is 6.08 Å². The Kier molecular flexibility index (Phi) is 9.58. The van der Waals surface area contributed by atoms with Crippen LogP contribution < -0.4 is 0 Å². The van der Waals surface area contributed by atoms with Crippen molar-refractivity contribution in [2.75, 3.05) is 19.8 Å². The Labute approximate surface area is 107 Å². The summed E-state index contributed by atoms with van der Waals surface area (Å²) in [6, 6.07) is 0. The van der Waals surface area contributed by atoms with Gasteiger partial charge in [-0.1, -0.05) is 12.7 Å². The second-order valence-electron chi connectivity index (χ2n) is 3.50. The van der Waals surface area contributed by atoms with Crippen LogP contribution >= 0.6 is 0 Å². The third-order valence-electron chi connectivity index (χ3n) is 2.13. The van der Waals surface area contributed by atoms with E-state index in [9.17, 15) is 9.59 Å². The molecule has 5 heteroatoms. The zero-order valence-corrected chi connectivity index (χ0v) is 10.7. The fraction of sp³-hybridized carbons (Fsp3) is 0.538. The van der Waals surface area contributed by atoms with Gasteiger partial charge in [-0.05, 0) is 19.8 Å². The molecule has 0 bridgehead atoms. The van der Waals surface area contributed by atoms with E-state index in [1.807, 2.05) is 6.92 Å². The second-order valence-corrected chi connectivity index (χ2v) is 3.50. The van der Waals surface area contributed by atoms with Gasteiger partial charge in [0.1, 0.15) is 0 Å². The molecule has 0 saturated heterocycles. The Morgan fingerprint density at radius 3 is 2.50 bits per heavy atom. The summed E-state index contributed by atoms with van der Waals surface area (Å²) in [5, 5.41) is 8.16. The van der Waals surface area contributed by atoms with E-state index in [2.05, 4.69) is 6.58 Å². The number of carbonyl (C=O) groups is 2. The number of aliphatic carboxylic acids is 1. The molecule has 5 nitrogen and oxygen atoms in total. The highest BCUT2D eigenvalue weighted by molar-refractivity contribution is 5.87. The number of carboxylic acid groups (broad SMARTS) is 1. The zero-order valence-electron chi connectivity index (χ0n) is 10.7. The Balaban J connectivity index is 0.000000351. The molecule has 0 amide bonds. The van der Waals surface area contributed by atoms with Crippen LogP contribution in [0.2, 0.25) is 0 Å². The van der Waals surface area contributed by atoms with Gasteiger partial charge < -0.3 is 14.6 Å². The molecule has 0 fully saturated rings. The normalized spacial score (nSPS) is 12.4. The molecule has 0 unspecified atom stereocenters. The lowest BCUT2D eigenvalue weighted by molar-refractivity contribution is -0.138. The molecule has 0 heterocycles. The van der Waals surface area contributed by atoms with Gasteiger partial charge in [0.15, 0.2) is 0 Å². The molecule has 1 aliphatic rings. The summed E-state index contributed by atoms with van der Waals surface area (Å²) < 4.78 is 9.73. The fourth-order valence-corrected chi connectivity index (χ4v) is 1.02. The van der Waals surface area contributed by atoms with Crippen molar-refractivity contribution < 1.29 is 24.2 Å². The van der Waals surface area contributed by atoms with Crippen LogP contribution in [0.1, 0.15) is 26.2 Å². The molecule has 0 aliphatic heterocycles. The Morgan fingerprint density at radius 2 is 2.17 bits per heavy atom. The first kappa shape index (κ1) is 16.4. The van der Waals surface area contributed by atoms with Gasteiger partial charge in [0, 0.05) is 31.3 Å². The first-order chi connectivity index (χ1) is 8.61. The summed E-state index contributed by atoms with van der Waals surface area (Å²) in [6.07, 6.45) is 5.34. The molecule has 102 valence electrons. The number of allylic oxidation sites excluding steroid dienone is 1. The van der Waals surface area contributed by atoms with Crippen LogP contribution in [0.15, 0.2) is 24.3 Å². The monoisotopic (exact) mass is 256 g/mol. The van der Waals surface area contributed by atoms with Gasteiger partial charge in [-0.25, -0.2) is 9.59 Å². The standard InChI is InChI=1S/C8H14O3.C5H6O2/c1-3-8(9)11-7-5-6-10-4-2;6-5(7)4-2-1-3-4/h3H,1,4-7H2,2H3;2H,1,3H2,(H,6,7). The van der Waals surface area contributed by atoms with Gasteiger partial charge >= 0.3 is 11.9 Å². The molecule has 1 aliphatic carbocycles. The molecule has 1 rings (SSSR count). The maximum absolute atomic E-state index is 10.5. The maximum Gasteiger partial charge on any atom is 0.331 e. The summed E-state index contributed by atoms with van der Waals surface area (Å²) in [4.78, 5) is 20.4. The van der Waals surface area contributed by atoms with Crippen LogP contribution in [0, 0.1) is 0 Å². The van der Waals surface area contributed by atoms with E-state index >= 15 is 0 Å². The Bertz CT molecular complexity index is 307. The highest BCUT2D eigenvalue weighted by Gasteiger charge is 2.11. The van der Waals surface area contributed by atoms with E-state index in [4.69, 9.17) is 14.6 Å². The summed E-state index contributed by atoms with van der Waals surface area (Å²) in [7, 11) is 0. The van der Waals surface area contributed by atoms with Crippen LogP contribution in [0.3, 0.4) is 0 Å². The van der Waals surface area contributed by atoms with E-state index in [-0.39, 0.29) is 5.97 Å². The summed E-state index contributed by atoms with van der Waals surface area (Å²) in [6.45, 7) is 6.95. The second kappa shape index (κ2) is 10.5. The van der Waals surface area contributed by atoms with Crippen molar-refractivity contribution in [2.45, 2.75) is 26.2 Å². The molecule has 0 atom stereocenters. The minimum atomic E-state index is -0.758. The number of rotatable bonds is 7. The number of ether oxygens (including phenoxy) is 2. The van der Waals surface area contributed by atoms with Gasteiger partial charge in [-0.2, -0.15) is 0 Å². The SMILES string of the molecule is C=CC(=O)OCCCOCC.O=C(O)C1=CCC1. The lowest BCUT2D eigenvalue weighted by Gasteiger charge is -2.06. The van der Waals surface area contributed by atoms with Crippen molar-refractivity contribution in [3.63, 3.8) is 0 Å². The third kappa shape index (κ3) is 8.52. The molecule has 0 aromatic carbocycles. The highest BCUT2D eigenvalue weighted by atomic mass is 16.5. The number of carbonyl (C=O) groups excluding carboxylic acids is 1. The molecule has 0 aromatic rings. The molecule has 1 N–H and O–H groups in total. The number of carboxylic acids is 1. The van der Waals surface area contributed by atoms with Crippen molar-refractivity contribution in [2.24, 2.45) is 0 Å². The molecule has 0 saturated carbocycles. The quantitative estimate of drug-likeness (QED) is 0.428. The third-order valence-corrected chi connectivity index (χ3v) is 2.13. The highest BCUT2D eigenvalue weighted by Crippen LogP contribution is 2.16. The molecule has 0 spiro atoms. The summed E-state index contributed by atoms with van der Waals surface area (Å²) in [5.74, 6) is -1.13. The predicted molar refractivity (Wildman–Crippen MR) is 67.2 cm³/mol. The number of hydrogen-bond acceptors (Lipinski definition) is 4. The maximum atomic E-state index is 10.5. The average molecular weight is 256 g/mol. The van der Waals surface area contributed by atoms with E-state index in [1.165, 1.54) is 0 Å². The van der Waals surface area contributed by atoms with Crippen LogP contribution in [-0.2, 0) is 19.1 Å². The van der Waals surface area contributed by atoms with Crippen LogP contribution in [0.5, 0.6) is 0 Å². The summed E-state index contributed by atoms with van der Waals surface area (Å²) >= 11 is 0. The molecular weight excluding hydrogens is 236 g/mol. The lowest BCUT2D eigenvalue weighted by Crippen LogP contribution is -2.05. The van der Waals surface area contributed by atoms with E-state index < -0.39 is 5.97 Å². The van der Waals surface area contributed by atoms with Gasteiger partial charge in [-0.3, -0.25) is 0 Å². The summed E-state index contributed by atoms with van der Waals surface area (Å²) in [5.41, 5.74) is 0.569. The number of esters is 1. The largest absolute Gasteiger partial charge is 0.478 e. The van der Waals surface area contributed by atoms with E-state index in [0.29, 0.717) is 25.4 Å². The van der Waals surface area contributed by atoms with Crippen molar-refractivity contribution in [1.29, 1.82) is 0 Å². The Morgan fingerprint density at radius 1 is 1.50 bits per heavy atom. The fourth-order valence-electron chi connectivity index (χ4n) is 1.02. The predicted octanol–water partition coefficient (Wildman–Crippen LogP) is 1.93. The molecular formula is C13H20O5. The minimum Gasteiger partial charge on any atom is -0.478 e.